The first-order valence-electron chi connectivity index (χ1n) is 6.43. The van der Waals surface area contributed by atoms with Crippen molar-refractivity contribution in [1.29, 1.82) is 5.26 Å². The zero-order valence-corrected chi connectivity index (χ0v) is 12.5. The molecular weight excluding hydrogens is 298 g/mol. The first-order chi connectivity index (χ1) is 9.53. The van der Waals surface area contributed by atoms with Crippen molar-refractivity contribution < 1.29 is 8.42 Å². The molecule has 1 aromatic rings. The number of hydrogen-bond donors (Lipinski definition) is 2. The Morgan fingerprint density at radius 1 is 1.50 bits per heavy atom. The lowest BCUT2D eigenvalue weighted by Crippen LogP contribution is -2.26. The van der Waals surface area contributed by atoms with E-state index in [1.807, 2.05) is 6.07 Å². The van der Waals surface area contributed by atoms with Crippen molar-refractivity contribution in [3.63, 3.8) is 0 Å². The van der Waals surface area contributed by atoms with Crippen LogP contribution < -0.4 is 10.0 Å². The third kappa shape index (κ3) is 3.70. The van der Waals surface area contributed by atoms with Crippen LogP contribution in [0.4, 0.5) is 0 Å². The molecule has 0 bridgehead atoms. The molecule has 2 rings (SSSR count). The van der Waals surface area contributed by atoms with Crippen molar-refractivity contribution in [1.82, 2.24) is 10.0 Å². The van der Waals surface area contributed by atoms with Gasteiger partial charge in [-0.1, -0.05) is 11.6 Å². The Bertz CT molecular complexity index is 619. The quantitative estimate of drug-likeness (QED) is 0.863. The van der Waals surface area contributed by atoms with Crippen molar-refractivity contribution in [2.24, 2.45) is 5.92 Å². The fourth-order valence-electron chi connectivity index (χ4n) is 2.20. The molecule has 0 radical (unpaired) electrons. The summed E-state index contributed by atoms with van der Waals surface area (Å²) in [6, 6.07) is 6.01. The van der Waals surface area contributed by atoms with Gasteiger partial charge in [-0.2, -0.15) is 5.26 Å². The zero-order chi connectivity index (χ0) is 14.6. The van der Waals surface area contributed by atoms with E-state index in [-0.39, 0.29) is 15.5 Å². The van der Waals surface area contributed by atoms with Gasteiger partial charge in [0, 0.05) is 6.54 Å². The van der Waals surface area contributed by atoms with Crippen LogP contribution in [-0.2, 0) is 10.0 Å². The van der Waals surface area contributed by atoms with Gasteiger partial charge in [0.1, 0.15) is 6.07 Å². The van der Waals surface area contributed by atoms with Crippen LogP contribution in [0.2, 0.25) is 5.02 Å². The Morgan fingerprint density at radius 2 is 2.30 bits per heavy atom. The molecule has 1 saturated heterocycles. The van der Waals surface area contributed by atoms with Gasteiger partial charge in [-0.3, -0.25) is 0 Å². The van der Waals surface area contributed by atoms with Crippen molar-refractivity contribution in [3.8, 4) is 6.07 Å². The number of rotatable bonds is 5. The summed E-state index contributed by atoms with van der Waals surface area (Å²) in [6.45, 7) is 2.36. The maximum absolute atomic E-state index is 12.1. The minimum atomic E-state index is -3.56. The second-order valence-corrected chi connectivity index (χ2v) is 6.97. The standard InChI is InChI=1S/C13H16ClN3O2S/c14-13-7-12(2-1-11(13)8-15)20(18,19)17-6-4-10-3-5-16-9-10/h1-2,7,10,16-17H,3-6,9H2. The predicted octanol–water partition coefficient (Wildman–Crippen LogP) is 1.49. The largest absolute Gasteiger partial charge is 0.316 e. The van der Waals surface area contributed by atoms with Crippen LogP contribution in [0.15, 0.2) is 23.1 Å². The van der Waals surface area contributed by atoms with E-state index < -0.39 is 10.0 Å². The molecule has 1 aliphatic heterocycles. The van der Waals surface area contributed by atoms with Crippen LogP contribution >= 0.6 is 11.6 Å². The Kier molecular flexibility index (Phi) is 5.00. The van der Waals surface area contributed by atoms with E-state index in [1.54, 1.807) is 0 Å². The molecule has 2 N–H and O–H groups in total. The monoisotopic (exact) mass is 313 g/mol. The molecule has 1 atom stereocenters. The third-order valence-corrected chi connectivity index (χ3v) is 5.15. The molecule has 7 heteroatoms. The molecule has 0 spiro atoms. The first kappa shape index (κ1) is 15.3. The minimum Gasteiger partial charge on any atom is -0.316 e. The van der Waals surface area contributed by atoms with Crippen LogP contribution in [0.3, 0.4) is 0 Å². The van der Waals surface area contributed by atoms with Crippen LogP contribution in [0.25, 0.3) is 0 Å². The van der Waals surface area contributed by atoms with E-state index in [0.29, 0.717) is 12.5 Å². The van der Waals surface area contributed by atoms with E-state index in [2.05, 4.69) is 10.0 Å². The first-order valence-corrected chi connectivity index (χ1v) is 8.29. The van der Waals surface area contributed by atoms with Gasteiger partial charge in [0.15, 0.2) is 0 Å². The van der Waals surface area contributed by atoms with Gasteiger partial charge in [-0.05, 0) is 50.0 Å². The third-order valence-electron chi connectivity index (χ3n) is 3.38. The lowest BCUT2D eigenvalue weighted by molar-refractivity contribution is 0.519. The highest BCUT2D eigenvalue weighted by Gasteiger charge is 2.18. The second-order valence-electron chi connectivity index (χ2n) is 4.80. The van der Waals surface area contributed by atoms with E-state index in [9.17, 15) is 8.42 Å². The highest BCUT2D eigenvalue weighted by molar-refractivity contribution is 7.89. The SMILES string of the molecule is N#Cc1ccc(S(=O)(=O)NCCC2CCNC2)cc1Cl. The van der Waals surface area contributed by atoms with Gasteiger partial charge >= 0.3 is 0 Å². The molecular formula is C13H16ClN3O2S. The lowest BCUT2D eigenvalue weighted by atomic mass is 10.1. The van der Waals surface area contributed by atoms with Crippen molar-refractivity contribution >= 4 is 21.6 Å². The number of benzene rings is 1. The second kappa shape index (κ2) is 6.55. The smallest absolute Gasteiger partial charge is 0.240 e. The van der Waals surface area contributed by atoms with Crippen molar-refractivity contribution in [2.75, 3.05) is 19.6 Å². The van der Waals surface area contributed by atoms with Crippen molar-refractivity contribution in [3.05, 3.63) is 28.8 Å². The summed E-state index contributed by atoms with van der Waals surface area (Å²) in [7, 11) is -3.56. The summed E-state index contributed by atoms with van der Waals surface area (Å²) in [4.78, 5) is 0.0889. The molecule has 20 heavy (non-hydrogen) atoms. The molecule has 1 fully saturated rings. The Balaban J connectivity index is 1.99. The number of nitrogens with one attached hydrogen (secondary N) is 2. The summed E-state index contributed by atoms with van der Waals surface area (Å²) in [6.07, 6.45) is 1.90. The summed E-state index contributed by atoms with van der Waals surface area (Å²) >= 11 is 5.85. The summed E-state index contributed by atoms with van der Waals surface area (Å²) in [5, 5.41) is 12.2. The van der Waals surface area contributed by atoms with Gasteiger partial charge in [-0.15, -0.1) is 0 Å². The molecule has 1 aliphatic rings. The van der Waals surface area contributed by atoms with E-state index in [1.165, 1.54) is 18.2 Å². The van der Waals surface area contributed by atoms with Gasteiger partial charge in [0.05, 0.1) is 15.5 Å². The average molecular weight is 314 g/mol. The molecule has 5 nitrogen and oxygen atoms in total. The van der Waals surface area contributed by atoms with Crippen LogP contribution in [0.1, 0.15) is 18.4 Å². The van der Waals surface area contributed by atoms with E-state index in [4.69, 9.17) is 16.9 Å². The van der Waals surface area contributed by atoms with Crippen molar-refractivity contribution in [2.45, 2.75) is 17.7 Å². The van der Waals surface area contributed by atoms with E-state index in [0.717, 1.165) is 25.9 Å². The van der Waals surface area contributed by atoms with Gasteiger partial charge in [-0.25, -0.2) is 13.1 Å². The topological polar surface area (TPSA) is 82.0 Å². The van der Waals surface area contributed by atoms with Gasteiger partial charge < -0.3 is 5.32 Å². The van der Waals surface area contributed by atoms with Crippen LogP contribution in [-0.4, -0.2) is 28.1 Å². The van der Waals surface area contributed by atoms with Crippen LogP contribution in [0, 0.1) is 17.2 Å². The predicted molar refractivity (Wildman–Crippen MR) is 76.9 cm³/mol. The molecule has 1 unspecified atom stereocenters. The molecule has 0 saturated carbocycles. The number of hydrogen-bond acceptors (Lipinski definition) is 4. The zero-order valence-electron chi connectivity index (χ0n) is 10.9. The Hall–Kier alpha value is -1.13. The van der Waals surface area contributed by atoms with Crippen LogP contribution in [0.5, 0.6) is 0 Å². The Morgan fingerprint density at radius 3 is 2.90 bits per heavy atom. The fourth-order valence-corrected chi connectivity index (χ4v) is 3.56. The highest BCUT2D eigenvalue weighted by Crippen LogP contribution is 2.20. The summed E-state index contributed by atoms with van der Waals surface area (Å²) < 4.78 is 26.7. The number of halogens is 1. The fraction of sp³-hybridized carbons (Fsp3) is 0.462. The summed E-state index contributed by atoms with van der Waals surface area (Å²) in [5.74, 6) is 0.530. The van der Waals surface area contributed by atoms with E-state index >= 15 is 0 Å². The molecule has 1 heterocycles. The lowest BCUT2D eigenvalue weighted by Gasteiger charge is -2.10. The maximum Gasteiger partial charge on any atom is 0.240 e. The molecule has 0 amide bonds. The number of nitrogens with zero attached hydrogens (tertiary/aromatic N) is 1. The maximum atomic E-state index is 12.1. The molecule has 0 aliphatic carbocycles. The normalized spacial score (nSPS) is 18.9. The molecule has 108 valence electrons. The number of sulfonamides is 1. The average Bonchev–Trinajstić information content (AvgIpc) is 2.91. The van der Waals surface area contributed by atoms with Gasteiger partial charge in [0.25, 0.3) is 0 Å². The highest BCUT2D eigenvalue weighted by atomic mass is 35.5. The minimum absolute atomic E-state index is 0.0889. The molecule has 0 aromatic heterocycles. The van der Waals surface area contributed by atoms with Gasteiger partial charge in [0.2, 0.25) is 10.0 Å². The molecule has 1 aromatic carbocycles. The Labute approximate surface area is 124 Å². The number of nitriles is 1. The summed E-state index contributed by atoms with van der Waals surface area (Å²) in [5.41, 5.74) is 0.266.